The minimum absolute atomic E-state index is 0.0709. The van der Waals surface area contributed by atoms with Crippen LogP contribution in [0.1, 0.15) is 72.8 Å². The first-order valence-electron chi connectivity index (χ1n) is 15.4. The Balaban J connectivity index is 1.31. The molecule has 3 aromatic rings. The highest BCUT2D eigenvalue weighted by Gasteiger charge is 2.44. The lowest BCUT2D eigenvalue weighted by atomic mass is 9.67. The fourth-order valence-corrected chi connectivity index (χ4v) is 7.08. The smallest absolute Gasteiger partial charge is 0.391 e. The third-order valence-electron chi connectivity index (χ3n) is 9.65. The van der Waals surface area contributed by atoms with Crippen molar-refractivity contribution in [2.45, 2.75) is 75.5 Å². The molecule has 5 rings (SSSR count). The van der Waals surface area contributed by atoms with Crippen molar-refractivity contribution in [1.82, 2.24) is 10.2 Å². The van der Waals surface area contributed by atoms with Gasteiger partial charge in [-0.25, -0.2) is 0 Å². The van der Waals surface area contributed by atoms with Crippen molar-refractivity contribution in [3.05, 3.63) is 107 Å². The van der Waals surface area contributed by atoms with Crippen LogP contribution in [0, 0.1) is 11.8 Å². The normalized spacial score (nSPS) is 25.5. The summed E-state index contributed by atoms with van der Waals surface area (Å²) in [4.78, 5) is 15.9. The maximum atomic E-state index is 13.6. The van der Waals surface area contributed by atoms with E-state index in [-0.39, 0.29) is 23.5 Å². The fourth-order valence-electron chi connectivity index (χ4n) is 7.08. The summed E-state index contributed by atoms with van der Waals surface area (Å²) in [6.45, 7) is 3.54. The number of halogens is 6. The van der Waals surface area contributed by atoms with E-state index in [1.54, 1.807) is 0 Å². The van der Waals surface area contributed by atoms with Gasteiger partial charge in [0.15, 0.2) is 0 Å². The number of aliphatic hydroxyl groups is 1. The zero-order valence-electron chi connectivity index (χ0n) is 25.0. The van der Waals surface area contributed by atoms with Gasteiger partial charge in [0.1, 0.15) is 0 Å². The van der Waals surface area contributed by atoms with Gasteiger partial charge in [0.25, 0.3) is 0 Å². The van der Waals surface area contributed by atoms with E-state index >= 15 is 0 Å². The Labute approximate surface area is 259 Å². The highest BCUT2D eigenvalue weighted by atomic mass is 19.4. The van der Waals surface area contributed by atoms with Gasteiger partial charge in [0.2, 0.25) is 5.91 Å². The number of aliphatic hydroxyl groups excluding tert-OH is 1. The van der Waals surface area contributed by atoms with Gasteiger partial charge >= 0.3 is 12.4 Å². The zero-order valence-corrected chi connectivity index (χ0v) is 25.0. The number of piperidine rings is 1. The van der Waals surface area contributed by atoms with Crippen molar-refractivity contribution in [3.8, 4) is 0 Å². The fraction of sp³-hybridized carbons (Fsp3) is 0.457. The summed E-state index contributed by atoms with van der Waals surface area (Å²) in [5.74, 6) is -1.57. The van der Waals surface area contributed by atoms with Gasteiger partial charge in [0, 0.05) is 13.1 Å². The molecular formula is C35H38F6N2O2. The van der Waals surface area contributed by atoms with Crippen LogP contribution in [0.15, 0.2) is 78.9 Å². The first-order chi connectivity index (χ1) is 21.2. The van der Waals surface area contributed by atoms with Crippen molar-refractivity contribution in [1.29, 1.82) is 0 Å². The number of hydrogen-bond acceptors (Lipinski definition) is 3. The number of amides is 1. The number of benzene rings is 3. The predicted octanol–water partition coefficient (Wildman–Crippen LogP) is 7.91. The second-order valence-corrected chi connectivity index (χ2v) is 12.6. The van der Waals surface area contributed by atoms with Gasteiger partial charge in [-0.05, 0) is 92.3 Å². The van der Waals surface area contributed by atoms with E-state index in [1.807, 2.05) is 48.5 Å². The maximum absolute atomic E-state index is 13.6. The van der Waals surface area contributed by atoms with E-state index in [0.717, 1.165) is 25.1 Å². The van der Waals surface area contributed by atoms with Crippen molar-refractivity contribution in [2.24, 2.45) is 11.8 Å². The molecule has 1 saturated carbocycles. The third kappa shape index (κ3) is 7.72. The van der Waals surface area contributed by atoms with Crippen LogP contribution >= 0.6 is 0 Å². The lowest BCUT2D eigenvalue weighted by Crippen LogP contribution is -2.52. The van der Waals surface area contributed by atoms with Gasteiger partial charge in [0.05, 0.1) is 28.7 Å². The molecule has 1 heterocycles. The number of nitrogens with one attached hydrogen (secondary N) is 1. The van der Waals surface area contributed by atoms with Crippen LogP contribution in [0.4, 0.5) is 26.3 Å². The lowest BCUT2D eigenvalue weighted by molar-refractivity contribution is -0.143. The molecule has 3 aromatic carbocycles. The number of hydrogen-bond donors (Lipinski definition) is 2. The van der Waals surface area contributed by atoms with E-state index in [0.29, 0.717) is 44.4 Å². The van der Waals surface area contributed by atoms with E-state index in [1.165, 1.54) is 12.5 Å². The molecule has 4 nitrogen and oxygen atoms in total. The molecule has 2 fully saturated rings. The molecule has 1 saturated heterocycles. The Kier molecular flexibility index (Phi) is 9.65. The first-order valence-corrected chi connectivity index (χ1v) is 15.4. The molecule has 1 amide bonds. The van der Waals surface area contributed by atoms with Crippen LogP contribution in [0.3, 0.4) is 0 Å². The van der Waals surface area contributed by atoms with Crippen LogP contribution in [-0.4, -0.2) is 35.1 Å². The maximum Gasteiger partial charge on any atom is 0.416 e. The minimum Gasteiger partial charge on any atom is -0.391 e. The van der Waals surface area contributed by atoms with Gasteiger partial charge in [-0.15, -0.1) is 0 Å². The van der Waals surface area contributed by atoms with Crippen LogP contribution in [0.25, 0.3) is 0 Å². The second-order valence-electron chi connectivity index (χ2n) is 12.6. The molecule has 3 unspecified atom stereocenters. The monoisotopic (exact) mass is 632 g/mol. The quantitative estimate of drug-likeness (QED) is 0.261. The van der Waals surface area contributed by atoms with E-state index in [4.69, 9.17) is 0 Å². The van der Waals surface area contributed by atoms with Crippen LogP contribution in [-0.2, 0) is 29.2 Å². The van der Waals surface area contributed by atoms with Crippen molar-refractivity contribution in [3.63, 3.8) is 0 Å². The first kappa shape index (κ1) is 33.0. The molecule has 0 aromatic heterocycles. The zero-order chi connectivity index (χ0) is 32.4. The van der Waals surface area contributed by atoms with Crippen molar-refractivity contribution in [2.75, 3.05) is 13.1 Å². The Bertz CT molecular complexity index is 1400. The van der Waals surface area contributed by atoms with Crippen molar-refractivity contribution >= 4 is 5.91 Å². The lowest BCUT2D eigenvalue weighted by Gasteiger charge is -2.46. The van der Waals surface area contributed by atoms with E-state index in [9.17, 15) is 36.2 Å². The summed E-state index contributed by atoms with van der Waals surface area (Å²) in [7, 11) is 0. The average molecular weight is 633 g/mol. The molecule has 242 valence electrons. The summed E-state index contributed by atoms with van der Waals surface area (Å²) >= 11 is 0. The van der Waals surface area contributed by atoms with E-state index < -0.39 is 46.9 Å². The van der Waals surface area contributed by atoms with Crippen molar-refractivity contribution < 1.29 is 36.2 Å². The SMILES string of the molecule is CC(C(=O)N[C@]1(c2ccccc2)CC[C@H](C2CCN(Cc3ccccc3)CC2O)CC1)c1cc(C(F)(F)F)cc(C(F)(F)F)c1. The number of β-amino-alcohol motifs (C(OH)–C–C–N with tert-alkyl or cyclic N) is 1. The summed E-state index contributed by atoms with van der Waals surface area (Å²) in [6.07, 6.45) is -7.15. The minimum atomic E-state index is -5.00. The third-order valence-corrected chi connectivity index (χ3v) is 9.65. The molecule has 45 heavy (non-hydrogen) atoms. The van der Waals surface area contributed by atoms with Crippen LogP contribution < -0.4 is 5.32 Å². The molecule has 1 aliphatic carbocycles. The summed E-state index contributed by atoms with van der Waals surface area (Å²) in [5.41, 5.74) is -2.05. The molecule has 0 radical (unpaired) electrons. The van der Waals surface area contributed by atoms with Crippen LogP contribution in [0.5, 0.6) is 0 Å². The number of carbonyl (C=O) groups excluding carboxylic acids is 1. The number of carbonyl (C=O) groups is 1. The molecule has 2 N–H and O–H groups in total. The molecule has 0 bridgehead atoms. The Hall–Kier alpha value is -3.37. The number of nitrogens with zero attached hydrogens (tertiary/aromatic N) is 1. The summed E-state index contributed by atoms with van der Waals surface area (Å²) < 4.78 is 81.0. The molecule has 3 atom stereocenters. The average Bonchev–Trinajstić information content (AvgIpc) is 3.01. The molecule has 2 aliphatic rings. The number of alkyl halides is 6. The Morgan fingerprint density at radius 2 is 1.44 bits per heavy atom. The molecular weight excluding hydrogens is 594 g/mol. The largest absolute Gasteiger partial charge is 0.416 e. The Morgan fingerprint density at radius 1 is 0.889 bits per heavy atom. The number of rotatable bonds is 7. The second kappa shape index (κ2) is 13.2. The highest BCUT2D eigenvalue weighted by Crippen LogP contribution is 2.45. The molecule has 1 aliphatic heterocycles. The van der Waals surface area contributed by atoms with E-state index in [2.05, 4.69) is 22.3 Å². The van der Waals surface area contributed by atoms with Gasteiger partial charge < -0.3 is 10.4 Å². The standard InChI is InChI=1S/C35H38F6N2O2/c1-23(26-18-28(34(36,37)38)20-29(19-26)35(39,40)41)32(45)42-33(27-10-6-3-7-11-27)15-12-25(13-16-33)30-14-17-43(22-31(30)44)21-24-8-4-2-5-9-24/h2-11,18-20,23,25,30-31,44H,12-17,21-22H2,1H3,(H,42,45)/t23?,25-,30?,31?,33+. The number of likely N-dealkylation sites (tertiary alicyclic amines) is 1. The van der Waals surface area contributed by atoms with Gasteiger partial charge in [-0.1, -0.05) is 60.7 Å². The summed E-state index contributed by atoms with van der Waals surface area (Å²) in [6, 6.07) is 20.7. The molecule has 10 heteroatoms. The molecule has 0 spiro atoms. The topological polar surface area (TPSA) is 52.6 Å². The van der Waals surface area contributed by atoms with Crippen LogP contribution in [0.2, 0.25) is 0 Å². The van der Waals surface area contributed by atoms with Gasteiger partial charge in [-0.3, -0.25) is 9.69 Å². The summed E-state index contributed by atoms with van der Waals surface area (Å²) in [5, 5.41) is 14.2. The predicted molar refractivity (Wildman–Crippen MR) is 159 cm³/mol. The highest BCUT2D eigenvalue weighted by molar-refractivity contribution is 5.84. The Morgan fingerprint density at radius 3 is 1.98 bits per heavy atom. The van der Waals surface area contributed by atoms with Gasteiger partial charge in [-0.2, -0.15) is 26.3 Å².